The highest BCUT2D eigenvalue weighted by molar-refractivity contribution is 5.08. The summed E-state index contributed by atoms with van der Waals surface area (Å²) in [7, 11) is 1.70. The first-order valence-electron chi connectivity index (χ1n) is 8.23. The normalized spacial score (nSPS) is 59.4. The highest BCUT2D eigenvalue weighted by Crippen LogP contribution is 2.60. The quantitative estimate of drug-likeness (QED) is 0.697. The summed E-state index contributed by atoms with van der Waals surface area (Å²) in [5.41, 5.74) is -0.470. The van der Waals surface area contributed by atoms with Crippen molar-refractivity contribution < 1.29 is 24.0 Å². The van der Waals surface area contributed by atoms with Gasteiger partial charge in [-0.2, -0.15) is 0 Å². The highest BCUT2D eigenvalue weighted by atomic mass is 17.3. The summed E-state index contributed by atoms with van der Waals surface area (Å²) in [6, 6.07) is 0. The molecule has 0 aromatic rings. The molecule has 4 saturated heterocycles. The van der Waals surface area contributed by atoms with Gasteiger partial charge in [0.2, 0.25) is 5.79 Å². The number of fused-ring (bicyclic) bond motifs is 2. The molecule has 1 aliphatic carbocycles. The number of ether oxygens (including phenoxy) is 3. The zero-order valence-electron chi connectivity index (χ0n) is 13.3. The molecule has 1 saturated carbocycles. The Hall–Kier alpha value is -0.200. The SMILES string of the molecule is COC1O[C@@H]2O[C@]3(C)CCC4[C@H](C)CCC([C@H]1C)[C@]42OO3. The molecule has 3 unspecified atom stereocenters. The zero-order chi connectivity index (χ0) is 14.8. The third-order valence-corrected chi connectivity index (χ3v) is 6.33. The van der Waals surface area contributed by atoms with Crippen molar-refractivity contribution in [3.8, 4) is 0 Å². The fourth-order valence-electron chi connectivity index (χ4n) is 5.14. The standard InChI is InChI=1S/C16H26O5/c1-9-5-6-12-10(2)13(17-4)18-14-16(12)11(9)7-8-15(3,19-14)20-21-16/h9-14H,5-8H2,1-4H3/t9-,10-,11?,12?,13?,14-,15+,16-/m1/s1. The summed E-state index contributed by atoms with van der Waals surface area (Å²) >= 11 is 0. The van der Waals surface area contributed by atoms with Crippen LogP contribution in [0.25, 0.3) is 0 Å². The first-order valence-corrected chi connectivity index (χ1v) is 8.23. The van der Waals surface area contributed by atoms with Crippen LogP contribution in [0, 0.1) is 23.7 Å². The second-order valence-electron chi connectivity index (χ2n) is 7.51. The Labute approximate surface area is 126 Å². The second-order valence-corrected chi connectivity index (χ2v) is 7.51. The molecule has 0 aromatic carbocycles. The maximum Gasteiger partial charge on any atom is 0.201 e. The first-order chi connectivity index (χ1) is 10.00. The third-order valence-electron chi connectivity index (χ3n) is 6.33. The van der Waals surface area contributed by atoms with E-state index >= 15 is 0 Å². The lowest BCUT2D eigenvalue weighted by atomic mass is 9.58. The van der Waals surface area contributed by atoms with Gasteiger partial charge in [-0.05, 0) is 38.0 Å². The maximum atomic E-state index is 6.21. The molecule has 0 N–H and O–H groups in total. The molecule has 0 amide bonds. The average molecular weight is 298 g/mol. The van der Waals surface area contributed by atoms with Gasteiger partial charge in [0, 0.05) is 25.4 Å². The smallest absolute Gasteiger partial charge is 0.201 e. The fourth-order valence-corrected chi connectivity index (χ4v) is 5.14. The van der Waals surface area contributed by atoms with Crippen LogP contribution in [0.2, 0.25) is 0 Å². The molecule has 5 fully saturated rings. The molecule has 5 heteroatoms. The van der Waals surface area contributed by atoms with Gasteiger partial charge in [-0.1, -0.05) is 13.8 Å². The van der Waals surface area contributed by atoms with Gasteiger partial charge in [0.1, 0.15) is 0 Å². The van der Waals surface area contributed by atoms with E-state index in [0.29, 0.717) is 17.8 Å². The number of rotatable bonds is 1. The highest BCUT2D eigenvalue weighted by Gasteiger charge is 2.69. The van der Waals surface area contributed by atoms with Crippen LogP contribution < -0.4 is 0 Å². The van der Waals surface area contributed by atoms with Gasteiger partial charge < -0.3 is 14.2 Å². The molecule has 8 atom stereocenters. The van der Waals surface area contributed by atoms with E-state index in [-0.39, 0.29) is 12.2 Å². The van der Waals surface area contributed by atoms with Gasteiger partial charge in [0.15, 0.2) is 18.2 Å². The van der Waals surface area contributed by atoms with Crippen molar-refractivity contribution in [2.45, 2.75) is 70.4 Å². The molecule has 5 nitrogen and oxygen atoms in total. The van der Waals surface area contributed by atoms with E-state index in [4.69, 9.17) is 24.0 Å². The molecule has 120 valence electrons. The Morgan fingerprint density at radius 3 is 2.62 bits per heavy atom. The Morgan fingerprint density at radius 2 is 1.86 bits per heavy atom. The molecule has 2 bridgehead atoms. The van der Waals surface area contributed by atoms with Gasteiger partial charge in [-0.25, -0.2) is 9.78 Å². The molecular formula is C16H26O5. The lowest BCUT2D eigenvalue weighted by Crippen LogP contribution is -2.70. The van der Waals surface area contributed by atoms with Crippen molar-refractivity contribution >= 4 is 0 Å². The lowest BCUT2D eigenvalue weighted by molar-refractivity contribution is -0.577. The van der Waals surface area contributed by atoms with E-state index in [9.17, 15) is 0 Å². The van der Waals surface area contributed by atoms with Crippen LogP contribution in [0.3, 0.4) is 0 Å². The van der Waals surface area contributed by atoms with Crippen LogP contribution in [-0.4, -0.2) is 31.1 Å². The maximum absolute atomic E-state index is 6.21. The van der Waals surface area contributed by atoms with Gasteiger partial charge in [-0.15, -0.1) is 0 Å². The Morgan fingerprint density at radius 1 is 1.05 bits per heavy atom. The molecular weight excluding hydrogens is 272 g/mol. The first kappa shape index (κ1) is 14.4. The topological polar surface area (TPSA) is 46.2 Å². The summed E-state index contributed by atoms with van der Waals surface area (Å²) in [6.07, 6.45) is 3.64. The lowest BCUT2D eigenvalue weighted by Gasteiger charge is -2.60. The van der Waals surface area contributed by atoms with Crippen LogP contribution in [0.4, 0.5) is 0 Å². The molecule has 21 heavy (non-hydrogen) atoms. The van der Waals surface area contributed by atoms with Crippen molar-refractivity contribution in [2.75, 3.05) is 7.11 Å². The minimum Gasteiger partial charge on any atom is -0.355 e. The summed E-state index contributed by atoms with van der Waals surface area (Å²) in [5.74, 6) is 0.953. The number of methoxy groups -OCH3 is 1. The molecule has 5 aliphatic rings. The third kappa shape index (κ3) is 1.81. The summed E-state index contributed by atoms with van der Waals surface area (Å²) in [4.78, 5) is 11.8. The molecule has 0 aromatic heterocycles. The molecule has 5 rings (SSSR count). The summed E-state index contributed by atoms with van der Waals surface area (Å²) in [5, 5.41) is 0. The van der Waals surface area contributed by atoms with Crippen LogP contribution in [-0.2, 0) is 24.0 Å². The van der Waals surface area contributed by atoms with E-state index < -0.39 is 17.7 Å². The zero-order valence-corrected chi connectivity index (χ0v) is 13.3. The van der Waals surface area contributed by atoms with Gasteiger partial charge in [0.25, 0.3) is 0 Å². The molecule has 1 spiro atoms. The summed E-state index contributed by atoms with van der Waals surface area (Å²) < 4.78 is 17.9. The number of hydrogen-bond donors (Lipinski definition) is 0. The Balaban J connectivity index is 1.79. The van der Waals surface area contributed by atoms with Crippen LogP contribution in [0.1, 0.15) is 46.5 Å². The van der Waals surface area contributed by atoms with Crippen molar-refractivity contribution in [3.05, 3.63) is 0 Å². The van der Waals surface area contributed by atoms with Crippen LogP contribution in [0.5, 0.6) is 0 Å². The minimum absolute atomic E-state index is 0.230. The monoisotopic (exact) mass is 298 g/mol. The Bertz CT molecular complexity index is 429. The number of hydrogen-bond acceptors (Lipinski definition) is 5. The van der Waals surface area contributed by atoms with E-state index in [1.807, 2.05) is 6.92 Å². The van der Waals surface area contributed by atoms with Gasteiger partial charge in [-0.3, -0.25) is 0 Å². The van der Waals surface area contributed by atoms with E-state index in [1.54, 1.807) is 7.11 Å². The minimum atomic E-state index is -0.698. The predicted octanol–water partition coefficient (Wildman–Crippen LogP) is 2.84. The van der Waals surface area contributed by atoms with Crippen LogP contribution in [0.15, 0.2) is 0 Å². The van der Waals surface area contributed by atoms with Crippen molar-refractivity contribution in [2.24, 2.45) is 23.7 Å². The fraction of sp³-hybridized carbons (Fsp3) is 1.00. The predicted molar refractivity (Wildman–Crippen MR) is 73.8 cm³/mol. The largest absolute Gasteiger partial charge is 0.355 e. The van der Waals surface area contributed by atoms with Gasteiger partial charge in [0.05, 0.1) is 0 Å². The van der Waals surface area contributed by atoms with Crippen molar-refractivity contribution in [1.29, 1.82) is 0 Å². The Kier molecular flexibility index (Phi) is 3.19. The van der Waals surface area contributed by atoms with E-state index in [0.717, 1.165) is 19.3 Å². The second kappa shape index (κ2) is 4.65. The van der Waals surface area contributed by atoms with E-state index in [1.165, 1.54) is 6.42 Å². The molecule has 4 aliphatic heterocycles. The van der Waals surface area contributed by atoms with Crippen LogP contribution >= 0.6 is 0 Å². The van der Waals surface area contributed by atoms with Crippen molar-refractivity contribution in [3.63, 3.8) is 0 Å². The van der Waals surface area contributed by atoms with E-state index in [2.05, 4.69) is 13.8 Å². The van der Waals surface area contributed by atoms with Crippen molar-refractivity contribution in [1.82, 2.24) is 0 Å². The average Bonchev–Trinajstić information content (AvgIpc) is 2.69. The molecule has 4 heterocycles. The van der Waals surface area contributed by atoms with Gasteiger partial charge >= 0.3 is 0 Å². The molecule has 0 radical (unpaired) electrons. The summed E-state index contributed by atoms with van der Waals surface area (Å²) in [6.45, 7) is 6.46.